The van der Waals surface area contributed by atoms with Crippen molar-refractivity contribution in [3.63, 3.8) is 0 Å². The number of aromatic nitrogens is 4. The Morgan fingerprint density at radius 2 is 2.18 bits per heavy atom. The second-order valence-electron chi connectivity index (χ2n) is 8.36. The van der Waals surface area contributed by atoms with Crippen molar-refractivity contribution >= 4 is 45.8 Å². The van der Waals surface area contributed by atoms with Crippen LogP contribution in [0, 0.1) is 23.2 Å². The summed E-state index contributed by atoms with van der Waals surface area (Å²) in [6.07, 6.45) is 0.694. The molecule has 0 spiro atoms. The zero-order valence-corrected chi connectivity index (χ0v) is 19.6. The highest BCUT2D eigenvalue weighted by Gasteiger charge is 2.75. The largest absolute Gasteiger partial charge is 0.389 e. The predicted octanol–water partition coefficient (Wildman–Crippen LogP) is 1.79. The zero-order valence-electron chi connectivity index (χ0n) is 18.0. The van der Waals surface area contributed by atoms with Crippen molar-refractivity contribution in [2.45, 2.75) is 38.0 Å². The molecular weight excluding hydrogens is 464 g/mol. The quantitative estimate of drug-likeness (QED) is 0.405. The molecule has 11 heteroatoms. The highest BCUT2D eigenvalue weighted by atomic mass is 35.5. The van der Waals surface area contributed by atoms with E-state index in [0.29, 0.717) is 40.1 Å². The topological polar surface area (TPSA) is 125 Å². The van der Waals surface area contributed by atoms with Crippen LogP contribution in [0.2, 0.25) is 4.34 Å². The van der Waals surface area contributed by atoms with E-state index in [0.717, 1.165) is 11.3 Å². The summed E-state index contributed by atoms with van der Waals surface area (Å²) in [4.78, 5) is 27.0. The fourth-order valence-electron chi connectivity index (χ4n) is 4.84. The maximum absolute atomic E-state index is 12.5. The number of nitrogens with zero attached hydrogens (tertiary/aromatic N) is 4. The van der Waals surface area contributed by atoms with Crippen molar-refractivity contribution in [2.24, 2.45) is 11.3 Å². The van der Waals surface area contributed by atoms with E-state index >= 15 is 0 Å². The summed E-state index contributed by atoms with van der Waals surface area (Å²) in [5.74, 6) is 6.40. The summed E-state index contributed by atoms with van der Waals surface area (Å²) in [6.45, 7) is 2.74. The van der Waals surface area contributed by atoms with E-state index in [-0.39, 0.29) is 11.8 Å². The van der Waals surface area contributed by atoms with Gasteiger partial charge in [0.1, 0.15) is 6.10 Å². The Morgan fingerprint density at radius 3 is 2.88 bits per heavy atom. The minimum Gasteiger partial charge on any atom is -0.389 e. The molecule has 4 N–H and O–H groups in total. The number of amides is 1. The molecular formula is C22H23ClN6O3S. The summed E-state index contributed by atoms with van der Waals surface area (Å²) in [5, 5.41) is 27.5. The molecule has 3 heterocycles. The molecule has 3 aromatic heterocycles. The SMILES string of the molecule is CCCNc1nc(C#Cc2ccc(Cl)s2)nc2c1ncn2[C@@H]1C2CC2(C(=O)NC)[C@@H](O)[C@H]1O. The van der Waals surface area contributed by atoms with Gasteiger partial charge >= 0.3 is 0 Å². The molecule has 2 unspecified atom stereocenters. The van der Waals surface area contributed by atoms with Crippen LogP contribution in [0.15, 0.2) is 18.5 Å². The molecule has 2 saturated carbocycles. The number of nitrogens with one attached hydrogen (secondary N) is 2. The molecule has 2 aliphatic carbocycles. The lowest BCUT2D eigenvalue weighted by Crippen LogP contribution is -2.41. The fourth-order valence-corrected chi connectivity index (χ4v) is 5.74. The molecule has 1 amide bonds. The van der Waals surface area contributed by atoms with Gasteiger partial charge in [0.15, 0.2) is 17.0 Å². The van der Waals surface area contributed by atoms with Gasteiger partial charge < -0.3 is 25.4 Å². The number of imidazole rings is 1. The number of anilines is 1. The lowest BCUT2D eigenvalue weighted by atomic mass is 9.98. The molecule has 0 radical (unpaired) electrons. The number of rotatable bonds is 5. The first kappa shape index (κ1) is 22.1. The van der Waals surface area contributed by atoms with Gasteiger partial charge in [-0.05, 0) is 36.8 Å². The molecule has 9 nitrogen and oxygen atoms in total. The van der Waals surface area contributed by atoms with Gasteiger partial charge in [0.25, 0.3) is 0 Å². The summed E-state index contributed by atoms with van der Waals surface area (Å²) in [6, 6.07) is 3.08. The Balaban J connectivity index is 1.58. The van der Waals surface area contributed by atoms with Gasteiger partial charge in [0.2, 0.25) is 11.7 Å². The van der Waals surface area contributed by atoms with E-state index < -0.39 is 23.7 Å². The van der Waals surface area contributed by atoms with Gasteiger partial charge in [-0.1, -0.05) is 18.5 Å². The van der Waals surface area contributed by atoms with Crippen LogP contribution in [0.5, 0.6) is 0 Å². The molecule has 0 aliphatic heterocycles. The van der Waals surface area contributed by atoms with Crippen molar-refractivity contribution in [1.82, 2.24) is 24.8 Å². The maximum Gasteiger partial charge on any atom is 0.229 e. The molecule has 3 aromatic rings. The third-order valence-electron chi connectivity index (χ3n) is 6.48. The highest BCUT2D eigenvalue weighted by molar-refractivity contribution is 7.16. The number of carbonyl (C=O) groups excluding carboxylic acids is 1. The summed E-state index contributed by atoms with van der Waals surface area (Å²) in [7, 11) is 1.54. The van der Waals surface area contributed by atoms with Crippen LogP contribution in [0.3, 0.4) is 0 Å². The number of fused-ring (bicyclic) bond motifs is 2. The van der Waals surface area contributed by atoms with Crippen LogP contribution >= 0.6 is 22.9 Å². The number of halogens is 1. The predicted molar refractivity (Wildman–Crippen MR) is 125 cm³/mol. The summed E-state index contributed by atoms with van der Waals surface area (Å²) >= 11 is 7.36. The summed E-state index contributed by atoms with van der Waals surface area (Å²) < 4.78 is 2.40. The van der Waals surface area contributed by atoms with E-state index in [1.54, 1.807) is 17.0 Å². The normalized spacial score (nSPS) is 27.7. The average molecular weight is 487 g/mol. The Labute approximate surface area is 199 Å². The van der Waals surface area contributed by atoms with Gasteiger partial charge in [-0.3, -0.25) is 4.79 Å². The third kappa shape index (κ3) is 3.47. The molecule has 5 atom stereocenters. The summed E-state index contributed by atoms with van der Waals surface area (Å²) in [5.41, 5.74) is 0.0632. The van der Waals surface area contributed by atoms with E-state index in [1.807, 2.05) is 13.0 Å². The van der Waals surface area contributed by atoms with Crippen LogP contribution in [-0.4, -0.2) is 61.4 Å². The van der Waals surface area contributed by atoms with E-state index in [9.17, 15) is 15.0 Å². The van der Waals surface area contributed by atoms with Gasteiger partial charge in [-0.15, -0.1) is 11.3 Å². The third-order valence-corrected chi connectivity index (χ3v) is 7.62. The van der Waals surface area contributed by atoms with Crippen LogP contribution in [0.1, 0.15) is 36.5 Å². The lowest BCUT2D eigenvalue weighted by Gasteiger charge is -2.23. The van der Waals surface area contributed by atoms with E-state index in [1.165, 1.54) is 18.4 Å². The highest BCUT2D eigenvalue weighted by Crippen LogP contribution is 2.67. The minimum atomic E-state index is -1.16. The molecule has 2 aliphatic rings. The first-order valence-corrected chi connectivity index (χ1v) is 11.9. The van der Waals surface area contributed by atoms with Crippen LogP contribution in [-0.2, 0) is 4.79 Å². The maximum atomic E-state index is 12.5. The molecule has 0 aromatic carbocycles. The second kappa shape index (κ2) is 8.25. The Kier molecular flexibility index (Phi) is 5.53. The fraction of sp³-hybridized carbons (Fsp3) is 0.455. The van der Waals surface area contributed by atoms with Crippen LogP contribution in [0.4, 0.5) is 5.82 Å². The first-order chi connectivity index (χ1) is 15.9. The number of aliphatic hydroxyl groups excluding tert-OH is 2. The van der Waals surface area contributed by atoms with E-state index in [2.05, 4.69) is 37.4 Å². The number of thiophene rings is 1. The Bertz CT molecular complexity index is 1300. The number of hydrogen-bond acceptors (Lipinski definition) is 8. The second-order valence-corrected chi connectivity index (χ2v) is 10.1. The first-order valence-electron chi connectivity index (χ1n) is 10.7. The lowest BCUT2D eigenvalue weighted by molar-refractivity contribution is -0.132. The Hall–Kier alpha value is -2.71. The van der Waals surface area contributed by atoms with Crippen molar-refractivity contribution in [3.8, 4) is 11.8 Å². The van der Waals surface area contributed by atoms with Crippen molar-refractivity contribution < 1.29 is 15.0 Å². The van der Waals surface area contributed by atoms with Crippen LogP contribution < -0.4 is 10.6 Å². The molecule has 0 bridgehead atoms. The van der Waals surface area contributed by atoms with Crippen molar-refractivity contribution in [2.75, 3.05) is 18.9 Å². The van der Waals surface area contributed by atoms with Gasteiger partial charge in [-0.2, -0.15) is 0 Å². The van der Waals surface area contributed by atoms with Crippen LogP contribution in [0.25, 0.3) is 11.2 Å². The average Bonchev–Trinajstić information content (AvgIpc) is 3.06. The molecule has 5 rings (SSSR count). The zero-order chi connectivity index (χ0) is 23.3. The Morgan fingerprint density at radius 1 is 1.36 bits per heavy atom. The van der Waals surface area contributed by atoms with Crippen molar-refractivity contribution in [1.29, 1.82) is 0 Å². The van der Waals surface area contributed by atoms with Gasteiger partial charge in [0, 0.05) is 19.5 Å². The monoisotopic (exact) mass is 486 g/mol. The smallest absolute Gasteiger partial charge is 0.229 e. The van der Waals surface area contributed by atoms with Gasteiger partial charge in [-0.25, -0.2) is 15.0 Å². The van der Waals surface area contributed by atoms with E-state index in [4.69, 9.17) is 11.6 Å². The standard InChI is InChI=1S/C22H23ClN6O3S/c1-3-8-25-19-15-20(28-14(27-19)7-5-11-4-6-13(23)33-11)29(10-26-15)16-12-9-22(12,21(32)24-2)18(31)17(16)30/h4,6,10,12,16-18,30-31H,3,8-9H2,1-2H3,(H,24,32)(H,25,27,28)/t12?,16-,17+,18+,22?/m1/s1. The minimum absolute atomic E-state index is 0.218. The van der Waals surface area contributed by atoms with Crippen molar-refractivity contribution in [3.05, 3.63) is 33.5 Å². The molecule has 172 valence electrons. The number of carbonyl (C=O) groups is 1. The molecule has 2 fully saturated rings. The van der Waals surface area contributed by atoms with Gasteiger partial charge in [0.05, 0.1) is 33.1 Å². The molecule has 33 heavy (non-hydrogen) atoms. The molecule has 0 saturated heterocycles. The number of aliphatic hydroxyl groups is 2. The number of hydrogen-bond donors (Lipinski definition) is 4.